The zero-order chi connectivity index (χ0) is 11.1. The molecule has 0 saturated carbocycles. The van der Waals surface area contributed by atoms with Crippen LogP contribution in [0.1, 0.15) is 19.4 Å². The topological polar surface area (TPSA) is 29.5 Å². The smallest absolute Gasteiger partial charge is 0.242 e. The Balaban J connectivity index is 2.49. The number of carbonyl (C=O) groups is 1. The van der Waals surface area contributed by atoms with Crippen molar-refractivity contribution in [3.8, 4) is 5.75 Å². The standard InChI is InChI=1S/C11H12BrNO2/c1-11(2)6-13(7-14)15-10-4-3-8(12)5-9(10)11/h3-5,7H,6H2,1-2H3. The van der Waals surface area contributed by atoms with Crippen LogP contribution in [-0.2, 0) is 10.2 Å². The fourth-order valence-corrected chi connectivity index (χ4v) is 2.16. The molecular formula is C11H12BrNO2. The molecule has 80 valence electrons. The van der Waals surface area contributed by atoms with Crippen LogP contribution in [0.3, 0.4) is 0 Å². The number of rotatable bonds is 1. The van der Waals surface area contributed by atoms with Gasteiger partial charge in [0, 0.05) is 15.5 Å². The molecule has 0 fully saturated rings. The number of halogens is 1. The fourth-order valence-electron chi connectivity index (χ4n) is 1.80. The summed E-state index contributed by atoms with van der Waals surface area (Å²) < 4.78 is 1.03. The van der Waals surface area contributed by atoms with Crippen molar-refractivity contribution in [3.63, 3.8) is 0 Å². The number of nitrogens with zero attached hydrogens (tertiary/aromatic N) is 1. The largest absolute Gasteiger partial charge is 0.377 e. The van der Waals surface area contributed by atoms with Crippen LogP contribution in [-0.4, -0.2) is 18.0 Å². The van der Waals surface area contributed by atoms with Crippen LogP contribution < -0.4 is 4.84 Å². The van der Waals surface area contributed by atoms with Crippen LogP contribution in [0.4, 0.5) is 0 Å². The lowest BCUT2D eigenvalue weighted by atomic mass is 9.83. The maximum Gasteiger partial charge on any atom is 0.242 e. The molecule has 3 nitrogen and oxygen atoms in total. The highest BCUT2D eigenvalue weighted by molar-refractivity contribution is 9.10. The minimum atomic E-state index is -0.0850. The summed E-state index contributed by atoms with van der Waals surface area (Å²) in [6.45, 7) is 4.76. The highest BCUT2D eigenvalue weighted by Crippen LogP contribution is 2.38. The summed E-state index contributed by atoms with van der Waals surface area (Å²) in [4.78, 5) is 16.1. The maximum atomic E-state index is 10.7. The number of hydrogen-bond acceptors (Lipinski definition) is 2. The van der Waals surface area contributed by atoms with Gasteiger partial charge >= 0.3 is 0 Å². The second kappa shape index (κ2) is 3.52. The van der Waals surface area contributed by atoms with E-state index in [-0.39, 0.29) is 5.41 Å². The number of hydroxylamine groups is 2. The van der Waals surface area contributed by atoms with Crippen LogP contribution in [0.5, 0.6) is 5.75 Å². The Kier molecular flexibility index (Phi) is 2.46. The van der Waals surface area contributed by atoms with Crippen molar-refractivity contribution in [2.75, 3.05) is 6.54 Å². The van der Waals surface area contributed by atoms with Crippen LogP contribution in [0.15, 0.2) is 22.7 Å². The number of hydrogen-bond donors (Lipinski definition) is 0. The molecule has 0 bridgehead atoms. The highest BCUT2D eigenvalue weighted by Gasteiger charge is 2.33. The molecule has 0 radical (unpaired) electrons. The van der Waals surface area contributed by atoms with Crippen LogP contribution >= 0.6 is 15.9 Å². The third kappa shape index (κ3) is 1.86. The van der Waals surface area contributed by atoms with Gasteiger partial charge in [-0.05, 0) is 18.2 Å². The van der Waals surface area contributed by atoms with Gasteiger partial charge in [-0.1, -0.05) is 29.8 Å². The summed E-state index contributed by atoms with van der Waals surface area (Å²) in [5.74, 6) is 0.751. The van der Waals surface area contributed by atoms with Crippen molar-refractivity contribution in [2.45, 2.75) is 19.3 Å². The number of benzene rings is 1. The van der Waals surface area contributed by atoms with Crippen molar-refractivity contribution in [1.82, 2.24) is 5.06 Å². The van der Waals surface area contributed by atoms with Crippen LogP contribution in [0, 0.1) is 0 Å². The fraction of sp³-hybridized carbons (Fsp3) is 0.364. The lowest BCUT2D eigenvalue weighted by Crippen LogP contribution is -2.42. The zero-order valence-corrected chi connectivity index (χ0v) is 10.2. The van der Waals surface area contributed by atoms with E-state index < -0.39 is 0 Å². The molecule has 0 aliphatic carbocycles. The van der Waals surface area contributed by atoms with Gasteiger partial charge in [0.1, 0.15) is 0 Å². The molecule has 1 amide bonds. The number of amides is 1. The molecular weight excluding hydrogens is 258 g/mol. The van der Waals surface area contributed by atoms with E-state index in [0.717, 1.165) is 15.8 Å². The molecule has 2 rings (SSSR count). The van der Waals surface area contributed by atoms with Gasteiger partial charge in [0.25, 0.3) is 0 Å². The van der Waals surface area contributed by atoms with E-state index in [0.29, 0.717) is 13.0 Å². The van der Waals surface area contributed by atoms with Crippen LogP contribution in [0.2, 0.25) is 0 Å². The van der Waals surface area contributed by atoms with Crippen molar-refractivity contribution >= 4 is 22.3 Å². The molecule has 1 heterocycles. The summed E-state index contributed by atoms with van der Waals surface area (Å²) in [6.07, 6.45) is 0.715. The summed E-state index contributed by atoms with van der Waals surface area (Å²) in [6, 6.07) is 5.82. The van der Waals surface area contributed by atoms with Crippen molar-refractivity contribution in [1.29, 1.82) is 0 Å². The molecule has 4 heteroatoms. The Labute approximate surface area is 97.1 Å². The third-order valence-electron chi connectivity index (χ3n) is 2.56. The minimum Gasteiger partial charge on any atom is -0.377 e. The van der Waals surface area contributed by atoms with E-state index in [1.165, 1.54) is 5.06 Å². The number of fused-ring (bicyclic) bond motifs is 1. The highest BCUT2D eigenvalue weighted by atomic mass is 79.9. The van der Waals surface area contributed by atoms with Crippen LogP contribution in [0.25, 0.3) is 0 Å². The number of carbonyl (C=O) groups excluding carboxylic acids is 1. The Morgan fingerprint density at radius 1 is 1.53 bits per heavy atom. The molecule has 1 aromatic carbocycles. The van der Waals surface area contributed by atoms with Gasteiger partial charge in [-0.3, -0.25) is 4.79 Å². The first-order valence-electron chi connectivity index (χ1n) is 4.73. The summed E-state index contributed by atoms with van der Waals surface area (Å²) in [5.41, 5.74) is 1.04. The molecule has 0 spiro atoms. The molecule has 1 aliphatic heterocycles. The Bertz CT molecular complexity index is 404. The molecule has 1 aromatic rings. The molecule has 0 unspecified atom stereocenters. The van der Waals surface area contributed by atoms with Gasteiger partial charge in [0.05, 0.1) is 6.54 Å². The molecule has 0 aromatic heterocycles. The van der Waals surface area contributed by atoms with Gasteiger partial charge in [-0.2, -0.15) is 5.06 Å². The molecule has 1 aliphatic rings. The predicted octanol–water partition coefficient (Wildman–Crippen LogP) is 2.49. The summed E-state index contributed by atoms with van der Waals surface area (Å²) in [7, 11) is 0. The van der Waals surface area contributed by atoms with Gasteiger partial charge in [-0.15, -0.1) is 0 Å². The lowest BCUT2D eigenvalue weighted by Gasteiger charge is -2.36. The van der Waals surface area contributed by atoms with Gasteiger partial charge in [0.2, 0.25) is 6.41 Å². The normalized spacial score (nSPS) is 17.9. The van der Waals surface area contributed by atoms with Crippen molar-refractivity contribution in [2.24, 2.45) is 0 Å². The van der Waals surface area contributed by atoms with Gasteiger partial charge in [-0.25, -0.2) is 0 Å². The Morgan fingerprint density at radius 3 is 2.93 bits per heavy atom. The molecule has 0 N–H and O–H groups in total. The first-order chi connectivity index (χ1) is 7.03. The van der Waals surface area contributed by atoms with Crippen molar-refractivity contribution < 1.29 is 9.63 Å². The Hall–Kier alpha value is -1.03. The SMILES string of the molecule is CC1(C)CN(C=O)Oc2ccc(Br)cc21. The summed E-state index contributed by atoms with van der Waals surface area (Å²) >= 11 is 3.44. The quantitative estimate of drug-likeness (QED) is 0.734. The molecule has 0 atom stereocenters. The van der Waals surface area contributed by atoms with E-state index in [4.69, 9.17) is 4.84 Å². The van der Waals surface area contributed by atoms with Gasteiger partial charge < -0.3 is 4.84 Å². The van der Waals surface area contributed by atoms with Gasteiger partial charge in [0.15, 0.2) is 5.75 Å². The zero-order valence-electron chi connectivity index (χ0n) is 8.66. The van der Waals surface area contributed by atoms with E-state index in [2.05, 4.69) is 29.8 Å². The first-order valence-corrected chi connectivity index (χ1v) is 5.52. The average molecular weight is 270 g/mol. The second-order valence-corrected chi connectivity index (χ2v) is 5.21. The maximum absolute atomic E-state index is 10.7. The average Bonchev–Trinajstić information content (AvgIpc) is 2.18. The van der Waals surface area contributed by atoms with E-state index in [1.807, 2.05) is 18.2 Å². The second-order valence-electron chi connectivity index (χ2n) is 4.30. The monoisotopic (exact) mass is 269 g/mol. The molecule has 0 saturated heterocycles. The van der Waals surface area contributed by atoms with E-state index >= 15 is 0 Å². The summed E-state index contributed by atoms with van der Waals surface area (Å²) in [5, 5.41) is 1.33. The third-order valence-corrected chi connectivity index (χ3v) is 3.05. The lowest BCUT2D eigenvalue weighted by molar-refractivity contribution is -0.147. The van der Waals surface area contributed by atoms with E-state index in [9.17, 15) is 4.79 Å². The predicted molar refractivity (Wildman–Crippen MR) is 60.6 cm³/mol. The Morgan fingerprint density at radius 2 is 2.27 bits per heavy atom. The first kappa shape index (κ1) is 10.5. The molecule has 15 heavy (non-hydrogen) atoms. The van der Waals surface area contributed by atoms with Crippen molar-refractivity contribution in [3.05, 3.63) is 28.2 Å². The van der Waals surface area contributed by atoms with E-state index in [1.54, 1.807) is 0 Å². The minimum absolute atomic E-state index is 0.0850.